The first-order valence-electron chi connectivity index (χ1n) is 6.29. The lowest BCUT2D eigenvalue weighted by Gasteiger charge is -2.22. The van der Waals surface area contributed by atoms with Gasteiger partial charge in [0.15, 0.2) is 0 Å². The summed E-state index contributed by atoms with van der Waals surface area (Å²) in [5.41, 5.74) is 0.689. The molecule has 1 aromatic rings. The standard InChI is InChI=1S/C15H15NO2/c1-10-6-5-9-12-13(10)15(18)16(14(12)17)11-7-3-2-4-8-11/h2-8,10,12-13H,9H2,1H3/t10?,12-,13+/m0/s1. The average Bonchev–Trinajstić information content (AvgIpc) is 2.64. The summed E-state index contributed by atoms with van der Waals surface area (Å²) in [7, 11) is 0. The topological polar surface area (TPSA) is 37.4 Å². The van der Waals surface area contributed by atoms with Crippen molar-refractivity contribution in [1.29, 1.82) is 0 Å². The lowest BCUT2D eigenvalue weighted by Crippen LogP contribution is -2.31. The van der Waals surface area contributed by atoms with E-state index in [2.05, 4.69) is 0 Å². The highest BCUT2D eigenvalue weighted by Crippen LogP contribution is 2.40. The van der Waals surface area contributed by atoms with E-state index < -0.39 is 0 Å². The molecule has 92 valence electrons. The van der Waals surface area contributed by atoms with E-state index in [0.717, 1.165) is 0 Å². The quantitative estimate of drug-likeness (QED) is 0.559. The summed E-state index contributed by atoms with van der Waals surface area (Å²) >= 11 is 0. The second-order valence-electron chi connectivity index (χ2n) is 5.00. The van der Waals surface area contributed by atoms with Crippen LogP contribution in [-0.4, -0.2) is 11.8 Å². The van der Waals surface area contributed by atoms with Gasteiger partial charge in [0.2, 0.25) is 11.8 Å². The first-order valence-corrected chi connectivity index (χ1v) is 6.29. The molecule has 1 heterocycles. The van der Waals surface area contributed by atoms with Crippen LogP contribution in [0, 0.1) is 17.8 Å². The predicted molar refractivity (Wildman–Crippen MR) is 68.8 cm³/mol. The number of nitrogens with zero attached hydrogens (tertiary/aromatic N) is 1. The summed E-state index contributed by atoms with van der Waals surface area (Å²) in [6.07, 6.45) is 4.75. The number of allylic oxidation sites excluding steroid dienone is 2. The van der Waals surface area contributed by atoms with Gasteiger partial charge in [0.1, 0.15) is 0 Å². The smallest absolute Gasteiger partial charge is 0.238 e. The van der Waals surface area contributed by atoms with Gasteiger partial charge in [-0.3, -0.25) is 14.5 Å². The zero-order valence-electron chi connectivity index (χ0n) is 10.2. The number of carbonyl (C=O) groups excluding carboxylic acids is 2. The predicted octanol–water partition coefficient (Wildman–Crippen LogP) is 2.39. The number of amides is 2. The van der Waals surface area contributed by atoms with Gasteiger partial charge >= 0.3 is 0 Å². The SMILES string of the molecule is CC1C=CC[C@@H]2C(=O)N(c3ccccc3)C(=O)[C@H]12. The van der Waals surface area contributed by atoms with Crippen molar-refractivity contribution in [3.63, 3.8) is 0 Å². The molecule has 1 aliphatic carbocycles. The van der Waals surface area contributed by atoms with Crippen molar-refractivity contribution in [3.8, 4) is 0 Å². The van der Waals surface area contributed by atoms with Gasteiger partial charge in [-0.1, -0.05) is 37.3 Å². The molecule has 0 radical (unpaired) electrons. The van der Waals surface area contributed by atoms with Crippen LogP contribution in [0.15, 0.2) is 42.5 Å². The maximum atomic E-state index is 12.4. The van der Waals surface area contributed by atoms with E-state index in [1.807, 2.05) is 49.4 Å². The summed E-state index contributed by atoms with van der Waals surface area (Å²) < 4.78 is 0. The molecule has 0 spiro atoms. The number of carbonyl (C=O) groups is 2. The molecule has 0 bridgehead atoms. The fourth-order valence-electron chi connectivity index (χ4n) is 2.98. The highest BCUT2D eigenvalue weighted by molar-refractivity contribution is 6.22. The summed E-state index contributed by atoms with van der Waals surface area (Å²) in [4.78, 5) is 26.2. The number of imide groups is 1. The molecule has 1 saturated heterocycles. The number of fused-ring (bicyclic) bond motifs is 1. The Morgan fingerprint density at radius 3 is 2.50 bits per heavy atom. The van der Waals surface area contributed by atoms with Crippen LogP contribution in [0.5, 0.6) is 0 Å². The molecule has 1 unspecified atom stereocenters. The third kappa shape index (κ3) is 1.50. The second-order valence-corrected chi connectivity index (χ2v) is 5.00. The second kappa shape index (κ2) is 4.09. The van der Waals surface area contributed by atoms with E-state index in [0.29, 0.717) is 12.1 Å². The summed E-state index contributed by atoms with van der Waals surface area (Å²) in [6, 6.07) is 9.20. The monoisotopic (exact) mass is 241 g/mol. The molecule has 1 fully saturated rings. The van der Waals surface area contributed by atoms with E-state index in [4.69, 9.17) is 0 Å². The zero-order chi connectivity index (χ0) is 12.7. The Bertz CT molecular complexity index is 521. The molecular weight excluding hydrogens is 226 g/mol. The van der Waals surface area contributed by atoms with Gasteiger partial charge < -0.3 is 0 Å². The minimum Gasteiger partial charge on any atom is -0.274 e. The van der Waals surface area contributed by atoms with Crippen LogP contribution < -0.4 is 4.90 Å². The Hall–Kier alpha value is -1.90. The van der Waals surface area contributed by atoms with Crippen molar-refractivity contribution in [3.05, 3.63) is 42.5 Å². The fraction of sp³-hybridized carbons (Fsp3) is 0.333. The summed E-state index contributed by atoms with van der Waals surface area (Å²) in [6.45, 7) is 2.01. The molecule has 3 nitrogen and oxygen atoms in total. The number of hydrogen-bond acceptors (Lipinski definition) is 2. The van der Waals surface area contributed by atoms with E-state index in [9.17, 15) is 9.59 Å². The maximum Gasteiger partial charge on any atom is 0.238 e. The van der Waals surface area contributed by atoms with Crippen molar-refractivity contribution >= 4 is 17.5 Å². The molecule has 2 amide bonds. The molecule has 3 atom stereocenters. The normalized spacial score (nSPS) is 30.7. The van der Waals surface area contributed by atoms with Crippen LogP contribution in [-0.2, 0) is 9.59 Å². The minimum atomic E-state index is -0.178. The first-order chi connectivity index (χ1) is 8.70. The molecule has 0 N–H and O–H groups in total. The Morgan fingerprint density at radius 1 is 1.11 bits per heavy atom. The van der Waals surface area contributed by atoms with Gasteiger partial charge in [0.25, 0.3) is 0 Å². The van der Waals surface area contributed by atoms with E-state index in [1.54, 1.807) is 0 Å². The highest BCUT2D eigenvalue weighted by Gasteiger charge is 2.50. The maximum absolute atomic E-state index is 12.4. The molecular formula is C15H15NO2. The molecule has 1 aliphatic heterocycles. The first kappa shape index (κ1) is 11.2. The van der Waals surface area contributed by atoms with E-state index in [-0.39, 0.29) is 29.6 Å². The number of rotatable bonds is 1. The molecule has 0 aromatic heterocycles. The minimum absolute atomic E-state index is 0.0481. The molecule has 3 rings (SSSR count). The Kier molecular flexibility index (Phi) is 2.54. The third-order valence-electron chi connectivity index (χ3n) is 3.89. The lowest BCUT2D eigenvalue weighted by molar-refractivity contribution is -0.122. The van der Waals surface area contributed by atoms with Gasteiger partial charge in [-0.2, -0.15) is 0 Å². The van der Waals surface area contributed by atoms with Crippen LogP contribution in [0.4, 0.5) is 5.69 Å². The fourth-order valence-corrected chi connectivity index (χ4v) is 2.98. The van der Waals surface area contributed by atoms with Crippen LogP contribution in [0.3, 0.4) is 0 Å². The zero-order valence-corrected chi connectivity index (χ0v) is 10.2. The van der Waals surface area contributed by atoms with Crippen molar-refractivity contribution < 1.29 is 9.59 Å². The molecule has 0 saturated carbocycles. The van der Waals surface area contributed by atoms with Crippen molar-refractivity contribution in [2.45, 2.75) is 13.3 Å². The summed E-state index contributed by atoms with van der Waals surface area (Å²) in [5.74, 6) is -0.297. The number of para-hydroxylation sites is 1. The van der Waals surface area contributed by atoms with Gasteiger partial charge in [0, 0.05) is 0 Å². The number of benzene rings is 1. The number of hydrogen-bond donors (Lipinski definition) is 0. The van der Waals surface area contributed by atoms with Crippen LogP contribution in [0.2, 0.25) is 0 Å². The van der Waals surface area contributed by atoms with Crippen LogP contribution in [0.1, 0.15) is 13.3 Å². The van der Waals surface area contributed by atoms with Gasteiger partial charge in [0.05, 0.1) is 17.5 Å². The van der Waals surface area contributed by atoms with E-state index in [1.165, 1.54) is 4.90 Å². The molecule has 3 heteroatoms. The third-order valence-corrected chi connectivity index (χ3v) is 3.89. The Balaban J connectivity index is 2.00. The summed E-state index contributed by atoms with van der Waals surface area (Å²) in [5, 5.41) is 0. The van der Waals surface area contributed by atoms with Gasteiger partial charge in [-0.15, -0.1) is 0 Å². The van der Waals surface area contributed by atoms with Crippen molar-refractivity contribution in [1.82, 2.24) is 0 Å². The molecule has 1 aromatic carbocycles. The van der Waals surface area contributed by atoms with Crippen molar-refractivity contribution in [2.24, 2.45) is 17.8 Å². The van der Waals surface area contributed by atoms with E-state index >= 15 is 0 Å². The molecule has 2 aliphatic rings. The van der Waals surface area contributed by atoms with Crippen LogP contribution >= 0.6 is 0 Å². The lowest BCUT2D eigenvalue weighted by atomic mass is 9.78. The Labute approximate surface area is 106 Å². The molecule has 18 heavy (non-hydrogen) atoms. The van der Waals surface area contributed by atoms with Crippen LogP contribution in [0.25, 0.3) is 0 Å². The number of anilines is 1. The Morgan fingerprint density at radius 2 is 1.83 bits per heavy atom. The van der Waals surface area contributed by atoms with Crippen molar-refractivity contribution in [2.75, 3.05) is 4.90 Å². The van der Waals surface area contributed by atoms with Gasteiger partial charge in [-0.25, -0.2) is 0 Å². The average molecular weight is 241 g/mol. The largest absolute Gasteiger partial charge is 0.274 e. The van der Waals surface area contributed by atoms with Gasteiger partial charge in [-0.05, 0) is 24.5 Å². The highest BCUT2D eigenvalue weighted by atomic mass is 16.2.